The summed E-state index contributed by atoms with van der Waals surface area (Å²) >= 11 is 0. The van der Waals surface area contributed by atoms with Gasteiger partial charge in [-0.25, -0.2) is 8.42 Å². The van der Waals surface area contributed by atoms with E-state index in [4.69, 9.17) is 10.00 Å². The molecular weight excluding hydrogens is 324 g/mol. The number of sulfonamides is 1. The van der Waals surface area contributed by atoms with Crippen molar-refractivity contribution >= 4 is 10.0 Å². The molecule has 0 radical (unpaired) electrons. The molecule has 0 saturated carbocycles. The van der Waals surface area contributed by atoms with Crippen LogP contribution in [0.2, 0.25) is 0 Å². The summed E-state index contributed by atoms with van der Waals surface area (Å²) in [5.74, 6) is 0.651. The molecule has 2 aromatic rings. The van der Waals surface area contributed by atoms with Crippen LogP contribution in [0.15, 0.2) is 53.4 Å². The van der Waals surface area contributed by atoms with Gasteiger partial charge in [-0.05, 0) is 36.8 Å². The van der Waals surface area contributed by atoms with Crippen molar-refractivity contribution in [2.75, 3.05) is 20.2 Å². The minimum atomic E-state index is -3.51. The predicted molar refractivity (Wildman–Crippen MR) is 92.2 cm³/mol. The molecule has 0 spiro atoms. The summed E-state index contributed by atoms with van der Waals surface area (Å²) in [6.45, 7) is 2.41. The summed E-state index contributed by atoms with van der Waals surface area (Å²) in [5, 5.41) is 8.63. The molecule has 2 aromatic carbocycles. The van der Waals surface area contributed by atoms with Gasteiger partial charge in [0.25, 0.3) is 0 Å². The zero-order chi connectivity index (χ0) is 17.6. The van der Waals surface area contributed by atoms with Crippen LogP contribution in [0, 0.1) is 18.3 Å². The van der Waals surface area contributed by atoms with Crippen LogP contribution in [-0.2, 0) is 16.4 Å². The third kappa shape index (κ3) is 4.57. The Labute approximate surface area is 143 Å². The van der Waals surface area contributed by atoms with E-state index in [0.29, 0.717) is 12.2 Å². The van der Waals surface area contributed by atoms with Gasteiger partial charge in [0.1, 0.15) is 12.4 Å². The number of likely N-dealkylation sites (N-methyl/N-ethyl adjacent to an activating group) is 1. The molecule has 0 amide bonds. The van der Waals surface area contributed by atoms with E-state index in [1.807, 2.05) is 19.1 Å². The number of benzene rings is 2. The van der Waals surface area contributed by atoms with Crippen LogP contribution < -0.4 is 4.74 Å². The van der Waals surface area contributed by atoms with Gasteiger partial charge in [0.05, 0.1) is 17.4 Å². The van der Waals surface area contributed by atoms with Gasteiger partial charge < -0.3 is 4.74 Å². The first kappa shape index (κ1) is 18.0. The minimum Gasteiger partial charge on any atom is -0.492 e. The van der Waals surface area contributed by atoms with E-state index in [-0.39, 0.29) is 18.0 Å². The molecule has 0 aromatic heterocycles. The van der Waals surface area contributed by atoms with E-state index >= 15 is 0 Å². The Hall–Kier alpha value is -2.36. The molecule has 6 heteroatoms. The standard InChI is InChI=1S/C18H20N2O3S/c1-15-3-9-18(10-4-15)24(21,22)20(2)13-14-23-17-7-5-16(6-8-17)11-12-19/h3-10H,11,13-14H2,1-2H3. The van der Waals surface area contributed by atoms with Crippen molar-refractivity contribution in [3.63, 3.8) is 0 Å². The maximum Gasteiger partial charge on any atom is 0.242 e. The van der Waals surface area contributed by atoms with Crippen molar-refractivity contribution in [1.29, 1.82) is 5.26 Å². The smallest absolute Gasteiger partial charge is 0.242 e. The Morgan fingerprint density at radius 1 is 1.08 bits per heavy atom. The summed E-state index contributed by atoms with van der Waals surface area (Å²) in [7, 11) is -1.97. The van der Waals surface area contributed by atoms with Crippen LogP contribution in [0.4, 0.5) is 0 Å². The second-order valence-corrected chi connectivity index (χ2v) is 7.51. The molecule has 0 aliphatic carbocycles. The van der Waals surface area contributed by atoms with Gasteiger partial charge in [0, 0.05) is 13.6 Å². The van der Waals surface area contributed by atoms with Gasteiger partial charge in [0.2, 0.25) is 10.0 Å². The lowest BCUT2D eigenvalue weighted by atomic mass is 10.2. The number of hydrogen-bond donors (Lipinski definition) is 0. The largest absolute Gasteiger partial charge is 0.492 e. The lowest BCUT2D eigenvalue weighted by Crippen LogP contribution is -2.31. The molecule has 0 N–H and O–H groups in total. The van der Waals surface area contributed by atoms with Gasteiger partial charge in [-0.3, -0.25) is 0 Å². The van der Waals surface area contributed by atoms with E-state index < -0.39 is 10.0 Å². The second kappa shape index (κ2) is 7.95. The quantitative estimate of drug-likeness (QED) is 0.774. The first-order valence-electron chi connectivity index (χ1n) is 7.55. The minimum absolute atomic E-state index is 0.246. The van der Waals surface area contributed by atoms with Gasteiger partial charge >= 0.3 is 0 Å². The van der Waals surface area contributed by atoms with Crippen molar-refractivity contribution in [1.82, 2.24) is 4.31 Å². The number of nitrogens with zero attached hydrogens (tertiary/aromatic N) is 2. The van der Waals surface area contributed by atoms with Crippen LogP contribution in [0.1, 0.15) is 11.1 Å². The molecule has 5 nitrogen and oxygen atoms in total. The average molecular weight is 344 g/mol. The number of aryl methyl sites for hydroxylation is 1. The Balaban J connectivity index is 1.91. The van der Waals surface area contributed by atoms with Gasteiger partial charge in [0.15, 0.2) is 0 Å². The van der Waals surface area contributed by atoms with Gasteiger partial charge in [-0.2, -0.15) is 9.57 Å². The molecule has 0 atom stereocenters. The van der Waals surface area contributed by atoms with Crippen molar-refractivity contribution in [3.8, 4) is 11.8 Å². The summed E-state index contributed by atoms with van der Waals surface area (Å²) in [6, 6.07) is 16.1. The van der Waals surface area contributed by atoms with E-state index in [0.717, 1.165) is 11.1 Å². The van der Waals surface area contributed by atoms with Crippen LogP contribution in [0.3, 0.4) is 0 Å². The lowest BCUT2D eigenvalue weighted by Gasteiger charge is -2.17. The monoisotopic (exact) mass is 344 g/mol. The second-order valence-electron chi connectivity index (χ2n) is 5.47. The maximum absolute atomic E-state index is 12.4. The molecule has 0 saturated heterocycles. The van der Waals surface area contributed by atoms with Crippen LogP contribution in [-0.4, -0.2) is 32.9 Å². The molecular formula is C18H20N2O3S. The van der Waals surface area contributed by atoms with Gasteiger partial charge in [-0.1, -0.05) is 29.8 Å². The molecule has 0 heterocycles. The molecule has 0 bridgehead atoms. The Kier molecular flexibility index (Phi) is 5.96. The van der Waals surface area contributed by atoms with Crippen molar-refractivity contribution in [3.05, 3.63) is 59.7 Å². The fraction of sp³-hybridized carbons (Fsp3) is 0.278. The summed E-state index contributed by atoms with van der Waals surface area (Å²) in [6.07, 6.45) is 0.359. The highest BCUT2D eigenvalue weighted by Crippen LogP contribution is 2.16. The Morgan fingerprint density at radius 2 is 1.71 bits per heavy atom. The predicted octanol–water partition coefficient (Wildman–Crippen LogP) is 2.76. The number of ether oxygens (including phenoxy) is 1. The molecule has 0 aliphatic rings. The van der Waals surface area contributed by atoms with E-state index in [9.17, 15) is 8.42 Å². The Morgan fingerprint density at radius 3 is 2.29 bits per heavy atom. The van der Waals surface area contributed by atoms with E-state index in [1.54, 1.807) is 36.4 Å². The first-order valence-corrected chi connectivity index (χ1v) is 8.99. The first-order chi connectivity index (χ1) is 11.4. The molecule has 0 fully saturated rings. The topological polar surface area (TPSA) is 70.4 Å². The normalized spacial score (nSPS) is 11.2. The molecule has 126 valence electrons. The lowest BCUT2D eigenvalue weighted by molar-refractivity contribution is 0.287. The van der Waals surface area contributed by atoms with Crippen molar-refractivity contribution < 1.29 is 13.2 Å². The summed E-state index contributed by atoms with van der Waals surface area (Å²) in [4.78, 5) is 0.274. The number of nitriles is 1. The zero-order valence-electron chi connectivity index (χ0n) is 13.8. The van der Waals surface area contributed by atoms with E-state index in [2.05, 4.69) is 6.07 Å². The van der Waals surface area contributed by atoms with Crippen LogP contribution >= 0.6 is 0 Å². The fourth-order valence-corrected chi connectivity index (χ4v) is 3.25. The van der Waals surface area contributed by atoms with Crippen molar-refractivity contribution in [2.24, 2.45) is 0 Å². The molecule has 0 aliphatic heterocycles. The van der Waals surface area contributed by atoms with Crippen molar-refractivity contribution in [2.45, 2.75) is 18.2 Å². The van der Waals surface area contributed by atoms with Crippen LogP contribution in [0.25, 0.3) is 0 Å². The number of rotatable bonds is 7. The highest BCUT2D eigenvalue weighted by molar-refractivity contribution is 7.89. The number of hydrogen-bond acceptors (Lipinski definition) is 4. The fourth-order valence-electron chi connectivity index (χ4n) is 2.10. The zero-order valence-corrected chi connectivity index (χ0v) is 14.6. The highest BCUT2D eigenvalue weighted by Gasteiger charge is 2.20. The highest BCUT2D eigenvalue weighted by atomic mass is 32.2. The molecule has 0 unspecified atom stereocenters. The summed E-state index contributed by atoms with van der Waals surface area (Å²) < 4.78 is 31.7. The van der Waals surface area contributed by atoms with Crippen LogP contribution in [0.5, 0.6) is 5.75 Å². The van der Waals surface area contributed by atoms with E-state index in [1.165, 1.54) is 11.4 Å². The molecule has 2 rings (SSSR count). The average Bonchev–Trinajstić information content (AvgIpc) is 2.57. The maximum atomic E-state index is 12.4. The SMILES string of the molecule is Cc1ccc(S(=O)(=O)N(C)CCOc2ccc(CC#N)cc2)cc1. The molecule has 24 heavy (non-hydrogen) atoms. The van der Waals surface area contributed by atoms with Gasteiger partial charge in [-0.15, -0.1) is 0 Å². The third-order valence-electron chi connectivity index (χ3n) is 3.61. The summed E-state index contributed by atoms with van der Waals surface area (Å²) in [5.41, 5.74) is 1.93. The Bertz CT molecular complexity index is 807. The third-order valence-corrected chi connectivity index (χ3v) is 5.48.